The molecule has 0 radical (unpaired) electrons. The smallest absolute Gasteiger partial charge is 0.339 e. The van der Waals surface area contributed by atoms with E-state index in [1.165, 1.54) is 0 Å². The van der Waals surface area contributed by atoms with E-state index >= 15 is 0 Å². The number of nitrogens with zero attached hydrogens (tertiary/aromatic N) is 1. The van der Waals surface area contributed by atoms with Crippen LogP contribution >= 0.6 is 11.8 Å². The van der Waals surface area contributed by atoms with E-state index in [4.69, 9.17) is 4.74 Å². The Morgan fingerprint density at radius 2 is 1.76 bits per heavy atom. The van der Waals surface area contributed by atoms with Crippen molar-refractivity contribution in [2.24, 2.45) is 0 Å². The summed E-state index contributed by atoms with van der Waals surface area (Å²) in [6.45, 7) is 1.17. The normalized spacial score (nSPS) is 18.1. The van der Waals surface area contributed by atoms with E-state index in [2.05, 4.69) is 0 Å². The Bertz CT molecular complexity index is 840. The summed E-state index contributed by atoms with van der Waals surface area (Å²) in [5.74, 6) is -0.194. The van der Waals surface area contributed by atoms with E-state index in [0.717, 1.165) is 16.0 Å². The van der Waals surface area contributed by atoms with Gasteiger partial charge in [0.1, 0.15) is 5.60 Å². The molecule has 0 aliphatic carbocycles. The third-order valence-electron chi connectivity index (χ3n) is 5.12. The maximum absolute atomic E-state index is 12.9. The van der Waals surface area contributed by atoms with Gasteiger partial charge in [-0.3, -0.25) is 4.79 Å². The Balaban J connectivity index is 1.55. The molecule has 1 saturated heterocycles. The number of hydrogen-bond acceptors (Lipinski definition) is 4. The number of benzene rings is 2. The lowest BCUT2D eigenvalue weighted by Gasteiger charge is -2.38. The second-order valence-corrected chi connectivity index (χ2v) is 7.27. The highest BCUT2D eigenvalue weighted by molar-refractivity contribution is 7.98. The predicted molar refractivity (Wildman–Crippen MR) is 96.9 cm³/mol. The molecule has 2 heterocycles. The third-order valence-corrected chi connectivity index (χ3v) is 5.92. The molecule has 2 aromatic carbocycles. The number of piperidine rings is 1. The minimum absolute atomic E-state index is 0.0532. The lowest BCUT2D eigenvalue weighted by Crippen LogP contribution is -2.45. The quantitative estimate of drug-likeness (QED) is 0.610. The SMILES string of the molecule is CSc1ccccc1C(=O)N1CCC2(CC1)OC(=O)c1ccccc12. The van der Waals surface area contributed by atoms with Gasteiger partial charge in [-0.25, -0.2) is 4.79 Å². The molecule has 0 bridgehead atoms. The van der Waals surface area contributed by atoms with Crippen molar-refractivity contribution in [2.75, 3.05) is 19.3 Å². The van der Waals surface area contributed by atoms with E-state index in [1.54, 1.807) is 11.8 Å². The Morgan fingerprint density at radius 1 is 1.08 bits per heavy atom. The van der Waals surface area contributed by atoms with E-state index in [-0.39, 0.29) is 11.9 Å². The van der Waals surface area contributed by atoms with Gasteiger partial charge in [0, 0.05) is 36.4 Å². The maximum Gasteiger partial charge on any atom is 0.339 e. The van der Waals surface area contributed by atoms with Gasteiger partial charge in [0.05, 0.1) is 11.1 Å². The number of rotatable bonds is 2. The first-order chi connectivity index (χ1) is 12.1. The van der Waals surface area contributed by atoms with Gasteiger partial charge < -0.3 is 9.64 Å². The molecule has 0 aromatic heterocycles. The number of carbonyl (C=O) groups is 2. The Morgan fingerprint density at radius 3 is 2.52 bits per heavy atom. The molecule has 4 nitrogen and oxygen atoms in total. The van der Waals surface area contributed by atoms with Crippen LogP contribution in [0, 0.1) is 0 Å². The summed E-state index contributed by atoms with van der Waals surface area (Å²) in [6, 6.07) is 15.3. The monoisotopic (exact) mass is 353 g/mol. The van der Waals surface area contributed by atoms with Gasteiger partial charge in [-0.05, 0) is 24.5 Å². The summed E-state index contributed by atoms with van der Waals surface area (Å²) in [6.07, 6.45) is 3.26. The highest BCUT2D eigenvalue weighted by Crippen LogP contribution is 2.44. The van der Waals surface area contributed by atoms with E-state index < -0.39 is 5.60 Å². The Hall–Kier alpha value is -2.27. The first-order valence-corrected chi connectivity index (χ1v) is 9.62. The zero-order valence-electron chi connectivity index (χ0n) is 14.0. The highest BCUT2D eigenvalue weighted by atomic mass is 32.2. The second kappa shape index (κ2) is 6.23. The molecule has 2 aliphatic rings. The van der Waals surface area contributed by atoms with Crippen molar-refractivity contribution in [2.45, 2.75) is 23.3 Å². The zero-order valence-corrected chi connectivity index (χ0v) is 14.8. The largest absolute Gasteiger partial charge is 0.450 e. The number of carbonyl (C=O) groups excluding carboxylic acids is 2. The van der Waals surface area contributed by atoms with E-state index in [1.807, 2.05) is 59.7 Å². The Labute approximate surface area is 151 Å². The van der Waals surface area contributed by atoms with Crippen LogP contribution in [0.3, 0.4) is 0 Å². The Kier molecular flexibility index (Phi) is 4.04. The topological polar surface area (TPSA) is 46.6 Å². The van der Waals surface area contributed by atoms with Crippen LogP contribution in [0.4, 0.5) is 0 Å². The molecular weight excluding hydrogens is 334 g/mol. The van der Waals surface area contributed by atoms with Crippen LogP contribution < -0.4 is 0 Å². The number of amides is 1. The summed E-state index contributed by atoms with van der Waals surface area (Å²) >= 11 is 1.58. The summed E-state index contributed by atoms with van der Waals surface area (Å²) in [5.41, 5.74) is 1.81. The molecule has 0 N–H and O–H groups in total. The molecule has 1 amide bonds. The summed E-state index contributed by atoms with van der Waals surface area (Å²) in [4.78, 5) is 27.9. The van der Waals surface area contributed by atoms with Crippen LogP contribution in [-0.2, 0) is 10.3 Å². The molecular formula is C20H19NO3S. The zero-order chi connectivity index (χ0) is 17.4. The molecule has 25 heavy (non-hydrogen) atoms. The molecule has 128 valence electrons. The van der Waals surface area contributed by atoms with Crippen molar-refractivity contribution in [3.8, 4) is 0 Å². The van der Waals surface area contributed by atoms with Gasteiger partial charge in [0.2, 0.25) is 0 Å². The number of esters is 1. The average molecular weight is 353 g/mol. The van der Waals surface area contributed by atoms with Gasteiger partial charge in [-0.1, -0.05) is 30.3 Å². The van der Waals surface area contributed by atoms with Crippen molar-refractivity contribution in [1.29, 1.82) is 0 Å². The number of ether oxygens (including phenoxy) is 1. The predicted octanol–water partition coefficient (Wildman–Crippen LogP) is 3.71. The second-order valence-electron chi connectivity index (χ2n) is 6.42. The van der Waals surface area contributed by atoms with Crippen molar-refractivity contribution in [3.05, 3.63) is 65.2 Å². The van der Waals surface area contributed by atoms with Crippen LogP contribution in [0.2, 0.25) is 0 Å². The summed E-state index contributed by atoms with van der Waals surface area (Å²) < 4.78 is 5.76. The fraction of sp³-hybridized carbons (Fsp3) is 0.300. The summed E-state index contributed by atoms with van der Waals surface area (Å²) in [7, 11) is 0. The van der Waals surface area contributed by atoms with E-state index in [9.17, 15) is 9.59 Å². The maximum atomic E-state index is 12.9. The third kappa shape index (κ3) is 2.63. The summed E-state index contributed by atoms with van der Waals surface area (Å²) in [5, 5.41) is 0. The minimum Gasteiger partial charge on any atom is -0.450 e. The number of fused-ring (bicyclic) bond motifs is 2. The molecule has 1 spiro atoms. The molecule has 4 rings (SSSR count). The van der Waals surface area contributed by atoms with Crippen molar-refractivity contribution in [3.63, 3.8) is 0 Å². The fourth-order valence-electron chi connectivity index (χ4n) is 3.78. The van der Waals surface area contributed by atoms with Crippen LogP contribution in [0.1, 0.15) is 39.1 Å². The number of likely N-dealkylation sites (tertiary alicyclic amines) is 1. The van der Waals surface area contributed by atoms with E-state index in [0.29, 0.717) is 31.5 Å². The van der Waals surface area contributed by atoms with Gasteiger partial charge in [-0.15, -0.1) is 11.8 Å². The first-order valence-electron chi connectivity index (χ1n) is 8.40. The standard InChI is InChI=1S/C20H19NO3S/c1-25-17-9-5-3-7-15(17)18(22)21-12-10-20(11-13-21)16-8-4-2-6-14(16)19(23)24-20/h2-9H,10-13H2,1H3. The van der Waals surface area contributed by atoms with Crippen LogP contribution in [0.25, 0.3) is 0 Å². The number of hydrogen-bond donors (Lipinski definition) is 0. The van der Waals surface area contributed by atoms with Gasteiger partial charge >= 0.3 is 5.97 Å². The van der Waals surface area contributed by atoms with Gasteiger partial charge in [0.15, 0.2) is 0 Å². The fourth-order valence-corrected chi connectivity index (χ4v) is 4.37. The first kappa shape index (κ1) is 16.2. The lowest BCUT2D eigenvalue weighted by molar-refractivity contribution is -0.0390. The molecule has 0 atom stereocenters. The molecule has 5 heteroatoms. The highest BCUT2D eigenvalue weighted by Gasteiger charge is 2.47. The molecule has 2 aromatic rings. The van der Waals surface area contributed by atoms with Gasteiger partial charge in [0.25, 0.3) is 5.91 Å². The molecule has 0 unspecified atom stereocenters. The average Bonchev–Trinajstić information content (AvgIpc) is 2.94. The van der Waals surface area contributed by atoms with Crippen LogP contribution in [0.5, 0.6) is 0 Å². The number of thioether (sulfide) groups is 1. The van der Waals surface area contributed by atoms with Gasteiger partial charge in [-0.2, -0.15) is 0 Å². The van der Waals surface area contributed by atoms with Crippen molar-refractivity contribution < 1.29 is 14.3 Å². The van der Waals surface area contributed by atoms with Crippen LogP contribution in [0.15, 0.2) is 53.4 Å². The minimum atomic E-state index is -0.566. The van der Waals surface area contributed by atoms with Crippen molar-refractivity contribution in [1.82, 2.24) is 4.90 Å². The lowest BCUT2D eigenvalue weighted by atomic mass is 9.83. The molecule has 0 saturated carbocycles. The molecule has 2 aliphatic heterocycles. The molecule has 1 fully saturated rings. The van der Waals surface area contributed by atoms with Crippen LogP contribution in [-0.4, -0.2) is 36.1 Å². The van der Waals surface area contributed by atoms with Crippen molar-refractivity contribution >= 4 is 23.6 Å².